The molecule has 1 amide bonds. The van der Waals surface area contributed by atoms with Crippen LogP contribution in [0.5, 0.6) is 5.75 Å². The lowest BCUT2D eigenvalue weighted by molar-refractivity contribution is -0.133. The van der Waals surface area contributed by atoms with Gasteiger partial charge in [-0.3, -0.25) is 9.69 Å². The number of hydrogen-bond donors (Lipinski definition) is 1. The van der Waals surface area contributed by atoms with E-state index in [2.05, 4.69) is 0 Å². The molecule has 2 heterocycles. The second-order valence-corrected chi connectivity index (χ2v) is 8.22. The van der Waals surface area contributed by atoms with Crippen molar-refractivity contribution in [2.45, 2.75) is 43.9 Å². The summed E-state index contributed by atoms with van der Waals surface area (Å²) in [6.45, 7) is 1.46. The molecule has 4 rings (SSSR count). The fourth-order valence-electron chi connectivity index (χ4n) is 4.55. The van der Waals surface area contributed by atoms with Gasteiger partial charge in [0.25, 0.3) is 6.43 Å². The van der Waals surface area contributed by atoms with Crippen LogP contribution in [0, 0.1) is 5.82 Å². The molecule has 2 aliphatic rings. The van der Waals surface area contributed by atoms with Gasteiger partial charge in [0.15, 0.2) is 11.6 Å². The quantitative estimate of drug-likeness (QED) is 0.707. The van der Waals surface area contributed by atoms with Gasteiger partial charge in [-0.25, -0.2) is 17.6 Å². The first kappa shape index (κ1) is 21.6. The molecule has 0 bridgehead atoms. The van der Waals surface area contributed by atoms with E-state index in [1.165, 1.54) is 30.3 Å². The number of likely N-dealkylation sites (tertiary alicyclic amines) is 2. The highest BCUT2D eigenvalue weighted by Gasteiger charge is 2.40. The molecule has 0 aromatic heterocycles. The fraction of sp³-hybridized carbons (Fsp3) is 0.435. The highest BCUT2D eigenvalue weighted by atomic mass is 19.3. The van der Waals surface area contributed by atoms with Crippen molar-refractivity contribution < 1.29 is 27.5 Å². The van der Waals surface area contributed by atoms with Gasteiger partial charge < -0.3 is 10.0 Å². The average Bonchev–Trinajstić information content (AvgIpc) is 3.10. The van der Waals surface area contributed by atoms with Crippen LogP contribution in [0.15, 0.2) is 42.5 Å². The van der Waals surface area contributed by atoms with E-state index in [-0.39, 0.29) is 18.0 Å². The molecule has 8 heteroatoms. The Morgan fingerprint density at radius 3 is 2.45 bits per heavy atom. The van der Waals surface area contributed by atoms with Crippen molar-refractivity contribution in [1.82, 2.24) is 9.80 Å². The molecule has 2 fully saturated rings. The van der Waals surface area contributed by atoms with E-state index < -0.39 is 36.1 Å². The normalized spacial score (nSPS) is 24.9. The van der Waals surface area contributed by atoms with Crippen molar-refractivity contribution in [3.05, 3.63) is 65.0 Å². The summed E-state index contributed by atoms with van der Waals surface area (Å²) in [4.78, 5) is 16.4. The number of rotatable bonds is 5. The molecule has 2 aromatic carbocycles. The number of hydrogen-bond acceptors (Lipinski definition) is 3. The Morgan fingerprint density at radius 1 is 1.06 bits per heavy atom. The molecule has 3 atom stereocenters. The van der Waals surface area contributed by atoms with Crippen molar-refractivity contribution in [2.24, 2.45) is 0 Å². The molecule has 166 valence electrons. The van der Waals surface area contributed by atoms with Crippen molar-refractivity contribution in [3.8, 4) is 5.75 Å². The molecule has 2 aromatic rings. The highest BCUT2D eigenvalue weighted by Crippen LogP contribution is 2.34. The Kier molecular flexibility index (Phi) is 6.18. The molecular formula is C23H24F4N2O2. The predicted octanol–water partition coefficient (Wildman–Crippen LogP) is 4.40. The Bertz CT molecular complexity index is 938. The maximum atomic E-state index is 14.9. The maximum absolute atomic E-state index is 14.9. The largest absolute Gasteiger partial charge is 0.505 e. The third kappa shape index (κ3) is 4.54. The van der Waals surface area contributed by atoms with Gasteiger partial charge in [-0.15, -0.1) is 0 Å². The summed E-state index contributed by atoms with van der Waals surface area (Å²) in [6.07, 6.45) is -2.74. The molecule has 2 saturated heterocycles. The number of aromatic hydroxyl groups is 1. The Balaban J connectivity index is 1.36. The molecular weight excluding hydrogens is 412 g/mol. The maximum Gasteiger partial charge on any atom is 0.263 e. The zero-order valence-electron chi connectivity index (χ0n) is 16.9. The van der Waals surface area contributed by atoms with Gasteiger partial charge in [0.05, 0.1) is 6.04 Å². The number of piperidine rings is 1. The molecule has 1 N–H and O–H groups in total. The Labute approximate surface area is 178 Å². The van der Waals surface area contributed by atoms with E-state index in [0.717, 1.165) is 5.56 Å². The molecule has 4 nitrogen and oxygen atoms in total. The standard InChI is InChI=1S/C23H24F4N2O2/c24-18-11-16(5-6-21(18)30)17-7-9-28(13-19(17)25)20-8-10-29(23(20)31)12-14-1-3-15(4-2-14)22(26)27/h1-6,11,17,19-20,22,30H,7-10,12-13H2/t17-,19+,20-/m0/s1. The fourth-order valence-corrected chi connectivity index (χ4v) is 4.55. The van der Waals surface area contributed by atoms with E-state index in [1.807, 2.05) is 4.90 Å². The van der Waals surface area contributed by atoms with E-state index in [9.17, 15) is 27.5 Å². The summed E-state index contributed by atoms with van der Waals surface area (Å²) >= 11 is 0. The second-order valence-electron chi connectivity index (χ2n) is 8.22. The van der Waals surface area contributed by atoms with Crippen LogP contribution in [0.1, 0.15) is 41.9 Å². The molecule has 0 radical (unpaired) electrons. The Hall–Kier alpha value is -2.61. The minimum absolute atomic E-state index is 0.0558. The van der Waals surface area contributed by atoms with Crippen LogP contribution in [0.25, 0.3) is 0 Å². The van der Waals surface area contributed by atoms with Crippen LogP contribution in [0.4, 0.5) is 17.6 Å². The number of phenols is 1. The molecule has 0 unspecified atom stereocenters. The number of amides is 1. The van der Waals surface area contributed by atoms with Gasteiger partial charge >= 0.3 is 0 Å². The smallest absolute Gasteiger partial charge is 0.263 e. The number of carbonyl (C=O) groups excluding carboxylic acids is 1. The van der Waals surface area contributed by atoms with E-state index in [1.54, 1.807) is 17.0 Å². The molecule has 0 saturated carbocycles. The number of carbonyl (C=O) groups is 1. The number of nitrogens with zero attached hydrogens (tertiary/aromatic N) is 2. The molecule has 31 heavy (non-hydrogen) atoms. The summed E-state index contributed by atoms with van der Waals surface area (Å²) < 4.78 is 54.0. The van der Waals surface area contributed by atoms with Gasteiger partial charge in [0.2, 0.25) is 5.91 Å². The summed E-state index contributed by atoms with van der Waals surface area (Å²) in [5.41, 5.74) is 1.23. The third-order valence-corrected chi connectivity index (χ3v) is 6.29. The van der Waals surface area contributed by atoms with Crippen molar-refractivity contribution in [3.63, 3.8) is 0 Å². The third-order valence-electron chi connectivity index (χ3n) is 6.29. The lowest BCUT2D eigenvalue weighted by Gasteiger charge is -2.37. The van der Waals surface area contributed by atoms with Crippen molar-refractivity contribution >= 4 is 5.91 Å². The summed E-state index contributed by atoms with van der Waals surface area (Å²) in [5.74, 6) is -1.79. The first-order valence-electron chi connectivity index (χ1n) is 10.4. The van der Waals surface area contributed by atoms with E-state index in [0.29, 0.717) is 38.0 Å². The Morgan fingerprint density at radius 2 is 1.81 bits per heavy atom. The van der Waals surface area contributed by atoms with E-state index >= 15 is 0 Å². The minimum atomic E-state index is -2.53. The summed E-state index contributed by atoms with van der Waals surface area (Å²) in [6, 6.07) is 9.46. The number of phenolic OH excluding ortho intramolecular Hbond substituents is 1. The van der Waals surface area contributed by atoms with Gasteiger partial charge in [-0.1, -0.05) is 30.3 Å². The minimum Gasteiger partial charge on any atom is -0.505 e. The predicted molar refractivity (Wildman–Crippen MR) is 107 cm³/mol. The van der Waals surface area contributed by atoms with Gasteiger partial charge in [0.1, 0.15) is 6.17 Å². The van der Waals surface area contributed by atoms with Crippen LogP contribution < -0.4 is 0 Å². The van der Waals surface area contributed by atoms with Crippen LogP contribution in [0.3, 0.4) is 0 Å². The van der Waals surface area contributed by atoms with E-state index in [4.69, 9.17) is 0 Å². The van der Waals surface area contributed by atoms with Gasteiger partial charge in [-0.05, 0) is 42.6 Å². The topological polar surface area (TPSA) is 43.8 Å². The van der Waals surface area contributed by atoms with Gasteiger partial charge in [0, 0.05) is 31.1 Å². The monoisotopic (exact) mass is 436 g/mol. The van der Waals surface area contributed by atoms with Crippen LogP contribution in [-0.4, -0.2) is 52.7 Å². The second kappa shape index (κ2) is 8.86. The van der Waals surface area contributed by atoms with Crippen molar-refractivity contribution in [2.75, 3.05) is 19.6 Å². The SMILES string of the molecule is O=C1[C@@H](N2CC[C@@H](c3ccc(O)c(F)c3)[C@H](F)C2)CCN1Cc1ccc(C(F)F)cc1. The average molecular weight is 436 g/mol. The zero-order chi connectivity index (χ0) is 22.1. The molecule has 0 spiro atoms. The lowest BCUT2D eigenvalue weighted by Crippen LogP contribution is -2.49. The molecule has 2 aliphatic heterocycles. The first-order chi connectivity index (χ1) is 14.8. The number of benzene rings is 2. The van der Waals surface area contributed by atoms with Crippen LogP contribution >= 0.6 is 0 Å². The van der Waals surface area contributed by atoms with Crippen LogP contribution in [0.2, 0.25) is 0 Å². The molecule has 0 aliphatic carbocycles. The highest BCUT2D eigenvalue weighted by molar-refractivity contribution is 5.84. The number of alkyl halides is 3. The van der Waals surface area contributed by atoms with Crippen LogP contribution in [-0.2, 0) is 11.3 Å². The number of halogens is 4. The summed E-state index contributed by atoms with van der Waals surface area (Å²) in [7, 11) is 0. The zero-order valence-corrected chi connectivity index (χ0v) is 16.9. The van der Waals surface area contributed by atoms with Crippen molar-refractivity contribution in [1.29, 1.82) is 0 Å². The lowest BCUT2D eigenvalue weighted by atomic mass is 9.87. The first-order valence-corrected chi connectivity index (χ1v) is 10.4. The summed E-state index contributed by atoms with van der Waals surface area (Å²) in [5, 5.41) is 9.34. The van der Waals surface area contributed by atoms with Gasteiger partial charge in [-0.2, -0.15) is 0 Å².